The van der Waals surface area contributed by atoms with Gasteiger partial charge in [0.25, 0.3) is 5.92 Å². The van der Waals surface area contributed by atoms with Crippen LogP contribution in [0, 0.1) is 5.82 Å². The number of nitrogens with one attached hydrogen (secondary N) is 1. The van der Waals surface area contributed by atoms with Crippen molar-refractivity contribution in [3.05, 3.63) is 65.2 Å². The minimum atomic E-state index is -2.85. The summed E-state index contributed by atoms with van der Waals surface area (Å²) in [5, 5.41) is 12.9. The Morgan fingerprint density at radius 1 is 1.18 bits per heavy atom. The van der Waals surface area contributed by atoms with Crippen molar-refractivity contribution < 1.29 is 18.3 Å². The number of hydrogen-bond donors (Lipinski definition) is 2. The van der Waals surface area contributed by atoms with Gasteiger partial charge in [-0.2, -0.15) is 0 Å². The third-order valence-electron chi connectivity index (χ3n) is 3.22. The SMILES string of the molecule is CC(F)(F)c1ccc(CNCC(O)c2ccc(F)cn2)cc1. The maximum Gasteiger partial charge on any atom is 0.270 e. The van der Waals surface area contributed by atoms with Gasteiger partial charge in [-0.3, -0.25) is 4.98 Å². The number of aliphatic hydroxyl groups is 1. The summed E-state index contributed by atoms with van der Waals surface area (Å²) in [6.07, 6.45) is 0.183. The van der Waals surface area contributed by atoms with Gasteiger partial charge in [-0.15, -0.1) is 0 Å². The molecule has 0 saturated carbocycles. The fraction of sp³-hybridized carbons (Fsp3) is 0.312. The number of nitrogens with zero attached hydrogens (tertiary/aromatic N) is 1. The first-order valence-corrected chi connectivity index (χ1v) is 6.84. The lowest BCUT2D eigenvalue weighted by Crippen LogP contribution is -2.21. The molecule has 0 amide bonds. The molecular formula is C16H17F3N2O. The zero-order valence-electron chi connectivity index (χ0n) is 12.1. The highest BCUT2D eigenvalue weighted by Gasteiger charge is 2.23. The number of aliphatic hydroxyl groups excluding tert-OH is 1. The monoisotopic (exact) mass is 310 g/mol. The van der Waals surface area contributed by atoms with E-state index in [9.17, 15) is 18.3 Å². The van der Waals surface area contributed by atoms with Crippen LogP contribution in [0.3, 0.4) is 0 Å². The molecule has 2 rings (SSSR count). The van der Waals surface area contributed by atoms with E-state index >= 15 is 0 Å². The number of alkyl halides is 2. The summed E-state index contributed by atoms with van der Waals surface area (Å²) < 4.78 is 38.9. The molecule has 1 aromatic carbocycles. The van der Waals surface area contributed by atoms with Crippen LogP contribution in [0.2, 0.25) is 0 Å². The third-order valence-corrected chi connectivity index (χ3v) is 3.22. The van der Waals surface area contributed by atoms with Crippen molar-refractivity contribution in [1.29, 1.82) is 0 Å². The van der Waals surface area contributed by atoms with E-state index in [1.54, 1.807) is 12.1 Å². The van der Waals surface area contributed by atoms with Crippen LogP contribution in [-0.4, -0.2) is 16.6 Å². The Bertz CT molecular complexity index is 594. The van der Waals surface area contributed by atoms with Crippen molar-refractivity contribution in [2.45, 2.75) is 25.5 Å². The topological polar surface area (TPSA) is 45.1 Å². The third kappa shape index (κ3) is 4.54. The van der Waals surface area contributed by atoms with Crippen LogP contribution in [0.4, 0.5) is 13.2 Å². The highest BCUT2D eigenvalue weighted by molar-refractivity contribution is 5.25. The van der Waals surface area contributed by atoms with E-state index in [0.717, 1.165) is 18.7 Å². The first-order chi connectivity index (χ1) is 10.4. The fourth-order valence-corrected chi connectivity index (χ4v) is 1.96. The first kappa shape index (κ1) is 16.5. The zero-order valence-corrected chi connectivity index (χ0v) is 12.1. The number of aromatic nitrogens is 1. The molecule has 1 aromatic heterocycles. The second kappa shape index (κ2) is 6.89. The summed E-state index contributed by atoms with van der Waals surface area (Å²) in [6.45, 7) is 1.50. The molecule has 22 heavy (non-hydrogen) atoms. The van der Waals surface area contributed by atoms with Gasteiger partial charge >= 0.3 is 0 Å². The average molecular weight is 310 g/mol. The summed E-state index contributed by atoms with van der Waals surface area (Å²) in [6, 6.07) is 8.64. The molecule has 0 radical (unpaired) electrons. The normalized spacial score (nSPS) is 13.1. The quantitative estimate of drug-likeness (QED) is 0.861. The molecule has 0 saturated heterocycles. The lowest BCUT2D eigenvalue weighted by molar-refractivity contribution is 0.0174. The number of hydrogen-bond acceptors (Lipinski definition) is 3. The van der Waals surface area contributed by atoms with Crippen molar-refractivity contribution in [3.63, 3.8) is 0 Å². The van der Waals surface area contributed by atoms with Crippen molar-refractivity contribution in [3.8, 4) is 0 Å². The molecule has 0 fully saturated rings. The van der Waals surface area contributed by atoms with E-state index < -0.39 is 17.8 Å². The van der Waals surface area contributed by atoms with Crippen LogP contribution in [0.5, 0.6) is 0 Å². The van der Waals surface area contributed by atoms with E-state index in [4.69, 9.17) is 0 Å². The minimum absolute atomic E-state index is 0.0354. The molecule has 1 atom stereocenters. The van der Waals surface area contributed by atoms with Crippen LogP contribution >= 0.6 is 0 Å². The maximum atomic E-state index is 13.1. The maximum absolute atomic E-state index is 13.1. The standard InChI is InChI=1S/C16H17F3N2O/c1-16(18,19)12-4-2-11(3-5-12)8-20-10-15(22)14-7-6-13(17)9-21-14/h2-7,9,15,20,22H,8,10H2,1H3. The van der Waals surface area contributed by atoms with Gasteiger partial charge in [-0.05, 0) is 17.7 Å². The van der Waals surface area contributed by atoms with E-state index in [0.29, 0.717) is 12.2 Å². The minimum Gasteiger partial charge on any atom is -0.385 e. The highest BCUT2D eigenvalue weighted by atomic mass is 19.3. The smallest absolute Gasteiger partial charge is 0.270 e. The van der Waals surface area contributed by atoms with Crippen molar-refractivity contribution in [1.82, 2.24) is 10.3 Å². The Labute approximate surface area is 126 Å². The summed E-state index contributed by atoms with van der Waals surface area (Å²) >= 11 is 0. The molecule has 2 aromatic rings. The molecule has 6 heteroatoms. The lowest BCUT2D eigenvalue weighted by Gasteiger charge is -2.13. The van der Waals surface area contributed by atoms with Gasteiger partial charge in [0.1, 0.15) is 11.9 Å². The van der Waals surface area contributed by atoms with Crippen LogP contribution in [0.1, 0.15) is 29.8 Å². The number of benzene rings is 1. The van der Waals surface area contributed by atoms with Crippen LogP contribution in [0.25, 0.3) is 0 Å². The van der Waals surface area contributed by atoms with Gasteiger partial charge in [-0.25, -0.2) is 13.2 Å². The van der Waals surface area contributed by atoms with Crippen molar-refractivity contribution >= 4 is 0 Å². The summed E-state index contributed by atoms with van der Waals surface area (Å²) in [5.74, 6) is -3.31. The average Bonchev–Trinajstić information content (AvgIpc) is 2.47. The molecule has 1 unspecified atom stereocenters. The van der Waals surface area contributed by atoms with Gasteiger partial charge in [0.2, 0.25) is 0 Å². The molecule has 3 nitrogen and oxygen atoms in total. The lowest BCUT2D eigenvalue weighted by atomic mass is 10.1. The van der Waals surface area contributed by atoms with Crippen LogP contribution in [0.15, 0.2) is 42.6 Å². The Kier molecular flexibility index (Phi) is 5.15. The molecule has 118 valence electrons. The van der Waals surface area contributed by atoms with Crippen LogP contribution < -0.4 is 5.32 Å². The Hall–Kier alpha value is -1.92. The molecule has 0 spiro atoms. The summed E-state index contributed by atoms with van der Waals surface area (Å²) in [4.78, 5) is 3.79. The van der Waals surface area contributed by atoms with E-state index in [1.165, 1.54) is 24.3 Å². The first-order valence-electron chi connectivity index (χ1n) is 6.84. The molecule has 2 N–H and O–H groups in total. The summed E-state index contributed by atoms with van der Waals surface area (Å²) in [7, 11) is 0. The Morgan fingerprint density at radius 2 is 1.86 bits per heavy atom. The fourth-order valence-electron chi connectivity index (χ4n) is 1.96. The van der Waals surface area contributed by atoms with Gasteiger partial charge in [0, 0.05) is 25.6 Å². The van der Waals surface area contributed by atoms with Gasteiger partial charge in [0.15, 0.2) is 0 Å². The molecule has 0 aliphatic heterocycles. The predicted molar refractivity (Wildman–Crippen MR) is 76.9 cm³/mol. The van der Waals surface area contributed by atoms with Crippen molar-refractivity contribution in [2.24, 2.45) is 0 Å². The van der Waals surface area contributed by atoms with E-state index in [-0.39, 0.29) is 12.1 Å². The summed E-state index contributed by atoms with van der Waals surface area (Å²) in [5.41, 5.74) is 1.16. The van der Waals surface area contributed by atoms with Crippen molar-refractivity contribution in [2.75, 3.05) is 6.54 Å². The predicted octanol–water partition coefficient (Wildman–Crippen LogP) is 3.16. The van der Waals surface area contributed by atoms with Gasteiger partial charge in [0.05, 0.1) is 11.9 Å². The second-order valence-electron chi connectivity index (χ2n) is 5.13. The molecular weight excluding hydrogens is 293 g/mol. The highest BCUT2D eigenvalue weighted by Crippen LogP contribution is 2.26. The van der Waals surface area contributed by atoms with Gasteiger partial charge < -0.3 is 10.4 Å². The van der Waals surface area contributed by atoms with Crippen LogP contribution in [-0.2, 0) is 12.5 Å². The number of pyridine rings is 1. The Balaban J connectivity index is 1.84. The van der Waals surface area contributed by atoms with E-state index in [1.807, 2.05) is 0 Å². The molecule has 0 aliphatic carbocycles. The largest absolute Gasteiger partial charge is 0.385 e. The molecule has 1 heterocycles. The molecule has 0 bridgehead atoms. The number of halogens is 3. The van der Waals surface area contributed by atoms with Gasteiger partial charge in [-0.1, -0.05) is 24.3 Å². The zero-order chi connectivity index (χ0) is 16.2. The number of rotatable bonds is 6. The van der Waals surface area contributed by atoms with E-state index in [2.05, 4.69) is 10.3 Å². The Morgan fingerprint density at radius 3 is 2.41 bits per heavy atom. The second-order valence-corrected chi connectivity index (χ2v) is 5.13. The molecule has 0 aliphatic rings.